The molecule has 0 heterocycles. The summed E-state index contributed by atoms with van der Waals surface area (Å²) in [6.07, 6.45) is 7.44. The predicted molar refractivity (Wildman–Crippen MR) is 74.7 cm³/mol. The highest BCUT2D eigenvalue weighted by molar-refractivity contribution is 4.65. The van der Waals surface area contributed by atoms with Gasteiger partial charge >= 0.3 is 0 Å². The van der Waals surface area contributed by atoms with Crippen LogP contribution in [0.4, 0.5) is 0 Å². The number of hydrogen-bond acceptors (Lipinski definition) is 4. The molecule has 0 aromatic heterocycles. The maximum absolute atomic E-state index is 9.42. The van der Waals surface area contributed by atoms with Crippen LogP contribution >= 0.6 is 0 Å². The summed E-state index contributed by atoms with van der Waals surface area (Å²) in [7, 11) is 0. The van der Waals surface area contributed by atoms with E-state index in [-0.39, 0.29) is 6.61 Å². The first kappa shape index (κ1) is 18.2. The number of nitrogens with zero attached hydrogens (tertiary/aromatic N) is 3. The van der Waals surface area contributed by atoms with Crippen molar-refractivity contribution >= 4 is 0 Å². The van der Waals surface area contributed by atoms with Crippen LogP contribution in [-0.4, -0.2) is 40.7 Å². The molecule has 112 valence electrons. The van der Waals surface area contributed by atoms with Crippen molar-refractivity contribution in [2.75, 3.05) is 13.2 Å². The molecule has 0 spiro atoms. The summed E-state index contributed by atoms with van der Waals surface area (Å²) in [4.78, 5) is 2.71. The molecular formula is C13H27N3O3. The van der Waals surface area contributed by atoms with Crippen molar-refractivity contribution in [2.45, 2.75) is 70.0 Å². The summed E-state index contributed by atoms with van der Waals surface area (Å²) in [6.45, 7) is 0.221. The van der Waals surface area contributed by atoms with E-state index < -0.39 is 12.2 Å². The molecule has 0 fully saturated rings. The molecule has 0 rings (SSSR count). The summed E-state index contributed by atoms with van der Waals surface area (Å²) >= 11 is 0. The van der Waals surface area contributed by atoms with Gasteiger partial charge in [-0.05, 0) is 18.4 Å². The highest BCUT2D eigenvalue weighted by Gasteiger charge is 2.13. The molecule has 0 amide bonds. The Morgan fingerprint density at radius 2 is 1.37 bits per heavy atom. The third-order valence-corrected chi connectivity index (χ3v) is 3.20. The first-order chi connectivity index (χ1) is 9.22. The second kappa shape index (κ2) is 13.6. The topological polar surface area (TPSA) is 109 Å². The van der Waals surface area contributed by atoms with Crippen LogP contribution in [0.2, 0.25) is 0 Å². The van der Waals surface area contributed by atoms with E-state index in [9.17, 15) is 5.11 Å². The lowest BCUT2D eigenvalue weighted by molar-refractivity contribution is -0.0185. The lowest BCUT2D eigenvalue weighted by Gasteiger charge is -2.14. The second-order valence-electron chi connectivity index (χ2n) is 4.89. The zero-order valence-electron chi connectivity index (χ0n) is 11.6. The Labute approximate surface area is 115 Å². The van der Waals surface area contributed by atoms with Crippen molar-refractivity contribution < 1.29 is 15.3 Å². The molecule has 0 aromatic carbocycles. The first-order valence-electron chi connectivity index (χ1n) is 7.20. The van der Waals surface area contributed by atoms with Crippen molar-refractivity contribution in [3.05, 3.63) is 10.4 Å². The largest absolute Gasteiger partial charge is 0.394 e. The lowest BCUT2D eigenvalue weighted by Crippen LogP contribution is -2.28. The van der Waals surface area contributed by atoms with Crippen LogP contribution in [0, 0.1) is 0 Å². The Morgan fingerprint density at radius 3 is 1.89 bits per heavy atom. The molecule has 19 heavy (non-hydrogen) atoms. The molecule has 6 heteroatoms. The number of hydrogen-bond donors (Lipinski definition) is 3. The lowest BCUT2D eigenvalue weighted by atomic mass is 10.0. The van der Waals surface area contributed by atoms with Gasteiger partial charge < -0.3 is 15.3 Å². The fourth-order valence-corrected chi connectivity index (χ4v) is 1.96. The Morgan fingerprint density at radius 1 is 0.842 bits per heavy atom. The van der Waals surface area contributed by atoms with E-state index in [0.29, 0.717) is 13.0 Å². The maximum Gasteiger partial charge on any atom is 0.103 e. The zero-order valence-corrected chi connectivity index (χ0v) is 11.6. The monoisotopic (exact) mass is 273 g/mol. The standard InChI is InChI=1S/C13H27N3O3/c14-16-15-10-8-6-4-2-1-3-5-7-9-12(18)13(19)11-17/h12-13,17-19H,1-11H2. The van der Waals surface area contributed by atoms with Crippen molar-refractivity contribution in [1.82, 2.24) is 0 Å². The van der Waals surface area contributed by atoms with Crippen molar-refractivity contribution in [3.8, 4) is 0 Å². The number of aliphatic hydroxyl groups excluding tert-OH is 3. The highest BCUT2D eigenvalue weighted by Crippen LogP contribution is 2.11. The van der Waals surface area contributed by atoms with E-state index in [1.54, 1.807) is 0 Å². The van der Waals surface area contributed by atoms with Crippen LogP contribution in [0.15, 0.2) is 5.11 Å². The van der Waals surface area contributed by atoms with E-state index in [1.807, 2.05) is 0 Å². The van der Waals surface area contributed by atoms with Crippen LogP contribution < -0.4 is 0 Å². The molecule has 2 atom stereocenters. The van der Waals surface area contributed by atoms with Crippen LogP contribution in [0.1, 0.15) is 57.8 Å². The van der Waals surface area contributed by atoms with Gasteiger partial charge in [0.15, 0.2) is 0 Å². The van der Waals surface area contributed by atoms with E-state index >= 15 is 0 Å². The summed E-state index contributed by atoms with van der Waals surface area (Å²) in [6, 6.07) is 0. The van der Waals surface area contributed by atoms with Gasteiger partial charge in [-0.25, -0.2) is 0 Å². The van der Waals surface area contributed by atoms with E-state index in [4.69, 9.17) is 15.7 Å². The number of azide groups is 1. The minimum atomic E-state index is -1.00. The normalized spacial score (nSPS) is 13.8. The fraction of sp³-hybridized carbons (Fsp3) is 1.00. The number of unbranched alkanes of at least 4 members (excludes halogenated alkanes) is 7. The summed E-state index contributed by atoms with van der Waals surface area (Å²) in [5.74, 6) is 0. The molecule has 0 saturated carbocycles. The van der Waals surface area contributed by atoms with Gasteiger partial charge in [0.2, 0.25) is 0 Å². The van der Waals surface area contributed by atoms with Gasteiger partial charge in [0.1, 0.15) is 6.10 Å². The number of rotatable bonds is 13. The minimum absolute atomic E-state index is 0.378. The van der Waals surface area contributed by atoms with Gasteiger partial charge in [0.25, 0.3) is 0 Å². The first-order valence-corrected chi connectivity index (χ1v) is 7.20. The van der Waals surface area contributed by atoms with Crippen LogP contribution in [0.25, 0.3) is 10.4 Å². The van der Waals surface area contributed by atoms with E-state index in [1.165, 1.54) is 19.3 Å². The Bertz CT molecular complexity index is 245. The second-order valence-corrected chi connectivity index (χ2v) is 4.89. The molecule has 0 aromatic rings. The summed E-state index contributed by atoms with van der Waals surface area (Å²) < 4.78 is 0. The van der Waals surface area contributed by atoms with Gasteiger partial charge in [0, 0.05) is 11.5 Å². The molecule has 3 N–H and O–H groups in total. The Balaban J connectivity index is 3.16. The maximum atomic E-state index is 9.42. The molecule has 6 nitrogen and oxygen atoms in total. The molecule has 0 aliphatic carbocycles. The Kier molecular flexibility index (Phi) is 13.0. The van der Waals surface area contributed by atoms with Crippen molar-refractivity contribution in [3.63, 3.8) is 0 Å². The molecule has 0 aliphatic rings. The zero-order chi connectivity index (χ0) is 14.3. The van der Waals surface area contributed by atoms with Crippen molar-refractivity contribution in [2.24, 2.45) is 5.11 Å². The average molecular weight is 273 g/mol. The van der Waals surface area contributed by atoms with Gasteiger partial charge in [0.05, 0.1) is 12.7 Å². The van der Waals surface area contributed by atoms with Crippen LogP contribution in [-0.2, 0) is 0 Å². The average Bonchev–Trinajstić information content (AvgIpc) is 2.43. The molecule has 0 saturated heterocycles. The van der Waals surface area contributed by atoms with Crippen LogP contribution in [0.3, 0.4) is 0 Å². The smallest absolute Gasteiger partial charge is 0.103 e. The molecule has 0 radical (unpaired) electrons. The van der Waals surface area contributed by atoms with E-state index in [0.717, 1.165) is 32.1 Å². The van der Waals surface area contributed by atoms with Crippen LogP contribution in [0.5, 0.6) is 0 Å². The van der Waals surface area contributed by atoms with Gasteiger partial charge in [-0.3, -0.25) is 0 Å². The fourth-order valence-electron chi connectivity index (χ4n) is 1.96. The molecule has 0 aliphatic heterocycles. The van der Waals surface area contributed by atoms with Crippen molar-refractivity contribution in [1.29, 1.82) is 0 Å². The third-order valence-electron chi connectivity index (χ3n) is 3.20. The molecule has 0 bridgehead atoms. The SMILES string of the molecule is [N-]=[N+]=NCCCCCCCCCCC(O)C(O)CO. The predicted octanol–water partition coefficient (Wildman–Crippen LogP) is 2.52. The number of aliphatic hydroxyl groups is 3. The van der Waals surface area contributed by atoms with Gasteiger partial charge in [-0.15, -0.1) is 0 Å². The Hall–Kier alpha value is -0.810. The quantitative estimate of drug-likeness (QED) is 0.207. The van der Waals surface area contributed by atoms with Gasteiger partial charge in [-0.2, -0.15) is 0 Å². The summed E-state index contributed by atoms with van der Waals surface area (Å²) in [5.41, 5.74) is 8.09. The molecule has 2 unspecified atom stereocenters. The summed E-state index contributed by atoms with van der Waals surface area (Å²) in [5, 5.41) is 30.7. The van der Waals surface area contributed by atoms with E-state index in [2.05, 4.69) is 10.0 Å². The third kappa shape index (κ3) is 12.0. The highest BCUT2D eigenvalue weighted by atomic mass is 16.4. The molecular weight excluding hydrogens is 246 g/mol. The minimum Gasteiger partial charge on any atom is -0.394 e. The van der Waals surface area contributed by atoms with Gasteiger partial charge in [-0.1, -0.05) is 50.1 Å².